The van der Waals surface area contributed by atoms with Gasteiger partial charge >= 0.3 is 0 Å². The highest BCUT2D eigenvalue weighted by molar-refractivity contribution is 5.84. The molecule has 2 aliphatic rings. The number of nitrogens with one attached hydrogen (secondary N) is 1. The molecule has 0 spiro atoms. The molecule has 0 bridgehead atoms. The first-order valence-corrected chi connectivity index (χ1v) is 8.89. The van der Waals surface area contributed by atoms with Gasteiger partial charge in [-0.1, -0.05) is 25.8 Å². The number of carbonyl (C=O) groups excluding carboxylic acids is 1. The zero-order valence-corrected chi connectivity index (χ0v) is 14.1. The minimum atomic E-state index is -0.0812. The first kappa shape index (κ1) is 16.2. The highest BCUT2D eigenvalue weighted by atomic mass is 16.6. The van der Waals surface area contributed by atoms with Gasteiger partial charge in [0.15, 0.2) is 11.5 Å². The van der Waals surface area contributed by atoms with Crippen LogP contribution in [-0.4, -0.2) is 25.2 Å². The number of ether oxygens (including phenoxy) is 2. The van der Waals surface area contributed by atoms with Crippen molar-refractivity contribution in [3.63, 3.8) is 0 Å². The summed E-state index contributed by atoms with van der Waals surface area (Å²) in [4.78, 5) is 12.9. The van der Waals surface area contributed by atoms with E-state index in [4.69, 9.17) is 9.47 Å². The van der Waals surface area contributed by atoms with Crippen molar-refractivity contribution in [3.8, 4) is 11.5 Å². The molecular formula is C19H27NO3. The highest BCUT2D eigenvalue weighted by Crippen LogP contribution is 2.40. The van der Waals surface area contributed by atoms with Crippen molar-refractivity contribution in [2.24, 2.45) is 5.92 Å². The summed E-state index contributed by atoms with van der Waals surface area (Å²) in [5.74, 6) is 2.06. The summed E-state index contributed by atoms with van der Waals surface area (Å²) in [6.45, 7) is 5.32. The van der Waals surface area contributed by atoms with Crippen LogP contribution in [0.3, 0.4) is 0 Å². The van der Waals surface area contributed by atoms with Gasteiger partial charge in [-0.2, -0.15) is 0 Å². The second-order valence-electron chi connectivity index (χ2n) is 6.74. The van der Waals surface area contributed by atoms with Crippen LogP contribution in [0.5, 0.6) is 11.5 Å². The molecule has 1 saturated carbocycles. The number of carbonyl (C=O) groups is 1. The number of benzene rings is 1. The predicted molar refractivity (Wildman–Crippen MR) is 90.0 cm³/mol. The maximum Gasteiger partial charge on any atom is 0.228 e. The number of amides is 1. The first-order valence-electron chi connectivity index (χ1n) is 8.89. The molecule has 1 N–H and O–H groups in total. The van der Waals surface area contributed by atoms with Gasteiger partial charge in [-0.15, -0.1) is 0 Å². The van der Waals surface area contributed by atoms with Gasteiger partial charge in [-0.05, 0) is 49.8 Å². The lowest BCUT2D eigenvalue weighted by molar-refractivity contribution is -0.124. The fourth-order valence-electron chi connectivity index (χ4n) is 3.62. The molecule has 23 heavy (non-hydrogen) atoms. The molecule has 1 fully saturated rings. The fourth-order valence-corrected chi connectivity index (χ4v) is 3.62. The van der Waals surface area contributed by atoms with E-state index >= 15 is 0 Å². The topological polar surface area (TPSA) is 47.6 Å². The molecule has 0 radical (unpaired) electrons. The van der Waals surface area contributed by atoms with Crippen molar-refractivity contribution in [2.45, 2.75) is 57.9 Å². The zero-order chi connectivity index (χ0) is 16.2. The van der Waals surface area contributed by atoms with E-state index in [1.54, 1.807) is 0 Å². The lowest BCUT2D eigenvalue weighted by Gasteiger charge is -2.26. The van der Waals surface area contributed by atoms with Crippen molar-refractivity contribution in [3.05, 3.63) is 23.8 Å². The highest BCUT2D eigenvalue weighted by Gasteiger charge is 2.33. The Morgan fingerprint density at radius 2 is 1.91 bits per heavy atom. The molecule has 1 aliphatic carbocycles. The lowest BCUT2D eigenvalue weighted by Crippen LogP contribution is -2.38. The summed E-state index contributed by atoms with van der Waals surface area (Å²) in [7, 11) is 0. The second-order valence-corrected chi connectivity index (χ2v) is 6.74. The van der Waals surface area contributed by atoms with E-state index < -0.39 is 0 Å². The van der Waals surface area contributed by atoms with Crippen LogP contribution in [0.25, 0.3) is 0 Å². The van der Waals surface area contributed by atoms with E-state index in [0.717, 1.165) is 36.3 Å². The quantitative estimate of drug-likeness (QED) is 0.902. The van der Waals surface area contributed by atoms with Gasteiger partial charge in [-0.3, -0.25) is 4.79 Å². The van der Waals surface area contributed by atoms with Crippen LogP contribution in [0.1, 0.15) is 57.4 Å². The molecular weight excluding hydrogens is 290 g/mol. The predicted octanol–water partition coefficient (Wildman–Crippen LogP) is 3.65. The molecule has 126 valence electrons. The SMILES string of the molecule is CCC(C)NC(=O)C(c1ccc2c(c1)OCCO2)C1CCCC1. The van der Waals surface area contributed by atoms with Crippen LogP contribution in [-0.2, 0) is 4.79 Å². The normalized spacial score (nSPS) is 20.1. The summed E-state index contributed by atoms with van der Waals surface area (Å²) in [6, 6.07) is 6.20. The van der Waals surface area contributed by atoms with Gasteiger partial charge in [0.1, 0.15) is 13.2 Å². The van der Waals surface area contributed by atoms with Gasteiger partial charge in [0.05, 0.1) is 5.92 Å². The van der Waals surface area contributed by atoms with Crippen molar-refractivity contribution in [1.29, 1.82) is 0 Å². The number of fused-ring (bicyclic) bond motifs is 1. The Morgan fingerprint density at radius 1 is 1.22 bits per heavy atom. The van der Waals surface area contributed by atoms with Gasteiger partial charge in [-0.25, -0.2) is 0 Å². The molecule has 3 rings (SSSR count). The lowest BCUT2D eigenvalue weighted by atomic mass is 9.83. The molecule has 2 unspecified atom stereocenters. The molecule has 1 amide bonds. The second kappa shape index (κ2) is 7.24. The van der Waals surface area contributed by atoms with Crippen LogP contribution in [0, 0.1) is 5.92 Å². The average Bonchev–Trinajstić information content (AvgIpc) is 3.08. The Balaban J connectivity index is 1.86. The molecule has 2 atom stereocenters. The standard InChI is InChI=1S/C19H27NO3/c1-3-13(2)20-19(21)18(14-6-4-5-7-14)15-8-9-16-17(12-15)23-11-10-22-16/h8-9,12-14,18H,3-7,10-11H2,1-2H3,(H,20,21). The molecule has 1 aliphatic heterocycles. The van der Waals surface area contributed by atoms with Gasteiger partial charge in [0, 0.05) is 6.04 Å². The maximum atomic E-state index is 12.9. The first-order chi connectivity index (χ1) is 11.2. The van der Waals surface area contributed by atoms with Crippen molar-refractivity contribution >= 4 is 5.91 Å². The molecule has 1 aromatic carbocycles. The minimum Gasteiger partial charge on any atom is -0.486 e. The molecule has 1 aromatic rings. The van der Waals surface area contributed by atoms with Gasteiger partial charge < -0.3 is 14.8 Å². The third-order valence-electron chi connectivity index (χ3n) is 5.08. The van der Waals surface area contributed by atoms with Crippen molar-refractivity contribution in [1.82, 2.24) is 5.32 Å². The third kappa shape index (κ3) is 3.62. The fraction of sp³-hybridized carbons (Fsp3) is 0.632. The smallest absolute Gasteiger partial charge is 0.228 e. The van der Waals surface area contributed by atoms with E-state index in [1.807, 2.05) is 18.2 Å². The Hall–Kier alpha value is -1.71. The number of hydrogen-bond acceptors (Lipinski definition) is 3. The van der Waals surface area contributed by atoms with Gasteiger partial charge in [0.2, 0.25) is 5.91 Å². The van der Waals surface area contributed by atoms with Crippen LogP contribution in [0.4, 0.5) is 0 Å². The number of rotatable bonds is 5. The summed E-state index contributed by atoms with van der Waals surface area (Å²) < 4.78 is 11.3. The summed E-state index contributed by atoms with van der Waals surface area (Å²) in [5, 5.41) is 3.17. The van der Waals surface area contributed by atoms with Crippen molar-refractivity contribution < 1.29 is 14.3 Å². The van der Waals surface area contributed by atoms with E-state index in [-0.39, 0.29) is 17.9 Å². The van der Waals surface area contributed by atoms with Crippen LogP contribution < -0.4 is 14.8 Å². The Kier molecular flexibility index (Phi) is 5.09. The summed E-state index contributed by atoms with van der Waals surface area (Å²) in [5.41, 5.74) is 1.06. The largest absolute Gasteiger partial charge is 0.486 e. The third-order valence-corrected chi connectivity index (χ3v) is 5.08. The van der Waals surface area contributed by atoms with E-state index in [9.17, 15) is 4.79 Å². The van der Waals surface area contributed by atoms with E-state index in [0.29, 0.717) is 19.1 Å². The monoisotopic (exact) mass is 317 g/mol. The molecule has 4 heteroatoms. The average molecular weight is 317 g/mol. The Morgan fingerprint density at radius 3 is 2.61 bits per heavy atom. The van der Waals surface area contributed by atoms with Crippen LogP contribution in [0.15, 0.2) is 18.2 Å². The Bertz CT molecular complexity index is 552. The summed E-state index contributed by atoms with van der Waals surface area (Å²) in [6.07, 6.45) is 5.66. The number of hydrogen-bond donors (Lipinski definition) is 1. The van der Waals surface area contributed by atoms with Crippen LogP contribution in [0.2, 0.25) is 0 Å². The minimum absolute atomic E-state index is 0.0812. The molecule has 4 nitrogen and oxygen atoms in total. The van der Waals surface area contributed by atoms with E-state index in [2.05, 4.69) is 19.2 Å². The summed E-state index contributed by atoms with van der Waals surface area (Å²) >= 11 is 0. The molecule has 0 saturated heterocycles. The van der Waals surface area contributed by atoms with E-state index in [1.165, 1.54) is 12.8 Å². The zero-order valence-electron chi connectivity index (χ0n) is 14.1. The molecule has 1 heterocycles. The maximum absolute atomic E-state index is 12.9. The van der Waals surface area contributed by atoms with Crippen molar-refractivity contribution in [2.75, 3.05) is 13.2 Å². The Labute approximate surface area is 138 Å². The van der Waals surface area contributed by atoms with Crippen LogP contribution >= 0.6 is 0 Å². The molecule has 0 aromatic heterocycles. The van der Waals surface area contributed by atoms with Gasteiger partial charge in [0.25, 0.3) is 0 Å².